The number of benzene rings is 1. The van der Waals surface area contributed by atoms with Crippen molar-refractivity contribution in [1.29, 1.82) is 5.26 Å². The molecule has 5 nitrogen and oxygen atoms in total. The molecule has 0 spiro atoms. The van der Waals surface area contributed by atoms with Crippen LogP contribution in [0.3, 0.4) is 0 Å². The summed E-state index contributed by atoms with van der Waals surface area (Å²) in [6.07, 6.45) is 1.38. The van der Waals surface area contributed by atoms with Gasteiger partial charge in [0.25, 0.3) is 0 Å². The summed E-state index contributed by atoms with van der Waals surface area (Å²) in [5.41, 5.74) is 0.645. The largest absolute Gasteiger partial charge is 0.246 e. The second-order valence-corrected chi connectivity index (χ2v) is 6.80. The highest BCUT2D eigenvalue weighted by molar-refractivity contribution is 7.89. The lowest BCUT2D eigenvalue weighted by atomic mass is 10.2. The first kappa shape index (κ1) is 15.4. The fourth-order valence-electron chi connectivity index (χ4n) is 1.83. The van der Waals surface area contributed by atoms with E-state index in [9.17, 15) is 8.42 Å². The standard InChI is InChI=1S/C14H12ClN3O2S/c1-18(10-11-4-2-5-12(15)8-11)21(19,20)14-6-3-7-17-13(14)9-16/h2-8H,10H2,1H3. The van der Waals surface area contributed by atoms with Gasteiger partial charge in [0.05, 0.1) is 0 Å². The van der Waals surface area contributed by atoms with Gasteiger partial charge in [0.1, 0.15) is 11.0 Å². The molecule has 0 fully saturated rings. The number of aromatic nitrogens is 1. The normalized spacial score (nSPS) is 11.3. The van der Waals surface area contributed by atoms with Crippen LogP contribution in [0.2, 0.25) is 5.02 Å². The number of halogens is 1. The Kier molecular flexibility index (Phi) is 4.58. The topological polar surface area (TPSA) is 74.1 Å². The number of pyridine rings is 1. The second kappa shape index (κ2) is 6.22. The van der Waals surface area contributed by atoms with Gasteiger partial charge in [0, 0.05) is 24.8 Å². The van der Waals surface area contributed by atoms with Crippen LogP contribution in [-0.2, 0) is 16.6 Å². The van der Waals surface area contributed by atoms with E-state index in [4.69, 9.17) is 16.9 Å². The zero-order valence-corrected chi connectivity index (χ0v) is 12.8. The molecule has 0 N–H and O–H groups in total. The summed E-state index contributed by atoms with van der Waals surface area (Å²) in [5.74, 6) is 0. The maximum atomic E-state index is 12.5. The number of hydrogen-bond donors (Lipinski definition) is 0. The molecule has 7 heteroatoms. The zero-order chi connectivity index (χ0) is 15.5. The third kappa shape index (κ3) is 3.39. The van der Waals surface area contributed by atoms with Crippen molar-refractivity contribution in [3.63, 3.8) is 0 Å². The summed E-state index contributed by atoms with van der Waals surface area (Å²) < 4.78 is 26.2. The molecule has 1 aromatic carbocycles. The van der Waals surface area contributed by atoms with E-state index in [0.29, 0.717) is 5.02 Å². The Morgan fingerprint density at radius 2 is 2.10 bits per heavy atom. The summed E-state index contributed by atoms with van der Waals surface area (Å²) >= 11 is 5.89. The van der Waals surface area contributed by atoms with E-state index in [2.05, 4.69) is 4.98 Å². The van der Waals surface area contributed by atoms with Gasteiger partial charge >= 0.3 is 0 Å². The van der Waals surface area contributed by atoms with E-state index in [0.717, 1.165) is 9.87 Å². The van der Waals surface area contributed by atoms with Crippen LogP contribution in [0.4, 0.5) is 0 Å². The van der Waals surface area contributed by atoms with Crippen molar-refractivity contribution in [1.82, 2.24) is 9.29 Å². The van der Waals surface area contributed by atoms with E-state index in [-0.39, 0.29) is 17.1 Å². The van der Waals surface area contributed by atoms with Gasteiger partial charge in [-0.3, -0.25) is 0 Å². The van der Waals surface area contributed by atoms with Gasteiger partial charge < -0.3 is 0 Å². The van der Waals surface area contributed by atoms with Crippen LogP contribution in [-0.4, -0.2) is 24.8 Å². The lowest BCUT2D eigenvalue weighted by Crippen LogP contribution is -2.27. The predicted molar refractivity (Wildman–Crippen MR) is 79.1 cm³/mol. The van der Waals surface area contributed by atoms with E-state index in [1.54, 1.807) is 30.3 Å². The van der Waals surface area contributed by atoms with Crippen LogP contribution in [0.1, 0.15) is 11.3 Å². The third-order valence-electron chi connectivity index (χ3n) is 2.86. The molecule has 0 aliphatic rings. The molecule has 0 unspecified atom stereocenters. The van der Waals surface area contributed by atoms with E-state index in [1.165, 1.54) is 25.4 Å². The molecule has 0 aliphatic carbocycles. The van der Waals surface area contributed by atoms with Gasteiger partial charge in [0.2, 0.25) is 10.0 Å². The Morgan fingerprint density at radius 3 is 2.76 bits per heavy atom. The van der Waals surface area contributed by atoms with Crippen molar-refractivity contribution < 1.29 is 8.42 Å². The average Bonchev–Trinajstić information content (AvgIpc) is 2.47. The molecule has 0 amide bonds. The molecule has 108 valence electrons. The Labute approximate surface area is 128 Å². The van der Waals surface area contributed by atoms with Crippen LogP contribution in [0, 0.1) is 11.3 Å². The van der Waals surface area contributed by atoms with Crippen molar-refractivity contribution in [3.8, 4) is 6.07 Å². The minimum absolute atomic E-state index is 0.1000. The molecule has 1 aromatic heterocycles. The lowest BCUT2D eigenvalue weighted by molar-refractivity contribution is 0.466. The van der Waals surface area contributed by atoms with Gasteiger partial charge in [-0.1, -0.05) is 23.7 Å². The maximum Gasteiger partial charge on any atom is 0.246 e. The van der Waals surface area contributed by atoms with E-state index >= 15 is 0 Å². The number of hydrogen-bond acceptors (Lipinski definition) is 4. The molecule has 2 rings (SSSR count). The van der Waals surface area contributed by atoms with Crippen LogP contribution in [0.15, 0.2) is 47.5 Å². The summed E-state index contributed by atoms with van der Waals surface area (Å²) in [6.45, 7) is 0.155. The van der Waals surface area contributed by atoms with Gasteiger partial charge in [-0.15, -0.1) is 0 Å². The van der Waals surface area contributed by atoms with Crippen molar-refractivity contribution in [2.45, 2.75) is 11.4 Å². The third-order valence-corrected chi connectivity index (χ3v) is 4.93. The molecule has 0 saturated heterocycles. The zero-order valence-electron chi connectivity index (χ0n) is 11.2. The van der Waals surface area contributed by atoms with Crippen molar-refractivity contribution in [2.75, 3.05) is 7.05 Å². The molecular formula is C14H12ClN3O2S. The first-order chi connectivity index (χ1) is 9.95. The fraction of sp³-hybridized carbons (Fsp3) is 0.143. The molecule has 0 aliphatic heterocycles. The molecule has 21 heavy (non-hydrogen) atoms. The van der Waals surface area contributed by atoms with Gasteiger partial charge in [-0.2, -0.15) is 9.57 Å². The average molecular weight is 322 g/mol. The molecule has 0 atom stereocenters. The first-order valence-corrected chi connectivity index (χ1v) is 7.83. The number of nitrogens with zero attached hydrogens (tertiary/aromatic N) is 3. The van der Waals surface area contributed by atoms with E-state index in [1.807, 2.05) is 0 Å². The van der Waals surface area contributed by atoms with E-state index < -0.39 is 10.0 Å². The first-order valence-electron chi connectivity index (χ1n) is 6.01. The van der Waals surface area contributed by atoms with Gasteiger partial charge in [-0.25, -0.2) is 13.4 Å². The van der Waals surface area contributed by atoms with Crippen molar-refractivity contribution in [3.05, 3.63) is 58.9 Å². The Bertz CT molecular complexity index is 800. The highest BCUT2D eigenvalue weighted by Crippen LogP contribution is 2.20. The fourth-order valence-corrected chi connectivity index (χ4v) is 3.29. The summed E-state index contributed by atoms with van der Waals surface area (Å²) in [6, 6.07) is 11.6. The molecule has 0 bridgehead atoms. The second-order valence-electron chi connectivity index (χ2n) is 4.35. The molecule has 2 aromatic rings. The molecular weight excluding hydrogens is 310 g/mol. The van der Waals surface area contributed by atoms with Crippen LogP contribution in [0.25, 0.3) is 0 Å². The Balaban J connectivity index is 2.33. The highest BCUT2D eigenvalue weighted by Gasteiger charge is 2.24. The van der Waals surface area contributed by atoms with Crippen molar-refractivity contribution >= 4 is 21.6 Å². The highest BCUT2D eigenvalue weighted by atomic mass is 35.5. The Morgan fingerprint density at radius 1 is 1.33 bits per heavy atom. The molecule has 0 radical (unpaired) electrons. The summed E-state index contributed by atoms with van der Waals surface area (Å²) in [7, 11) is -2.34. The lowest BCUT2D eigenvalue weighted by Gasteiger charge is -2.17. The van der Waals surface area contributed by atoms with Crippen LogP contribution < -0.4 is 0 Å². The van der Waals surface area contributed by atoms with Crippen LogP contribution >= 0.6 is 11.6 Å². The quantitative estimate of drug-likeness (QED) is 0.866. The number of nitriles is 1. The Hall–Kier alpha value is -1.94. The number of rotatable bonds is 4. The van der Waals surface area contributed by atoms with Crippen LogP contribution in [0.5, 0.6) is 0 Å². The summed E-state index contributed by atoms with van der Waals surface area (Å²) in [5, 5.41) is 9.52. The maximum absolute atomic E-state index is 12.5. The SMILES string of the molecule is CN(Cc1cccc(Cl)c1)S(=O)(=O)c1cccnc1C#N. The van der Waals surface area contributed by atoms with Gasteiger partial charge in [0.15, 0.2) is 5.69 Å². The van der Waals surface area contributed by atoms with Gasteiger partial charge in [-0.05, 0) is 29.8 Å². The minimum atomic E-state index is -3.79. The summed E-state index contributed by atoms with van der Waals surface area (Å²) in [4.78, 5) is 3.68. The minimum Gasteiger partial charge on any atom is -0.244 e. The monoisotopic (exact) mass is 321 g/mol. The molecule has 0 saturated carbocycles. The van der Waals surface area contributed by atoms with Crippen molar-refractivity contribution in [2.24, 2.45) is 0 Å². The molecule has 1 heterocycles. The predicted octanol–water partition coefficient (Wildman–Crippen LogP) is 2.43. The smallest absolute Gasteiger partial charge is 0.244 e. The number of sulfonamides is 1.